The smallest absolute Gasteiger partial charge is 0.307 e. The van der Waals surface area contributed by atoms with E-state index in [0.717, 1.165) is 5.56 Å². The number of carboxylic acids is 1. The molecule has 7 nitrogen and oxygen atoms in total. The second kappa shape index (κ2) is 8.67. The molecule has 4 rings (SSSR count). The first-order valence-electron chi connectivity index (χ1n) is 9.57. The Hall–Kier alpha value is -4.18. The SMILES string of the molecule is Cc1c(CC(=O)O)cccc1Oc1cc(OCc2ccc3c(c2)OCO3)ccc1C#N. The van der Waals surface area contributed by atoms with Crippen LogP contribution in [-0.2, 0) is 17.8 Å². The lowest BCUT2D eigenvalue weighted by Gasteiger charge is -2.14. The van der Waals surface area contributed by atoms with Crippen LogP contribution in [0.5, 0.6) is 28.7 Å². The van der Waals surface area contributed by atoms with E-state index in [1.807, 2.05) is 18.2 Å². The van der Waals surface area contributed by atoms with Gasteiger partial charge in [-0.1, -0.05) is 18.2 Å². The summed E-state index contributed by atoms with van der Waals surface area (Å²) in [6.45, 7) is 2.30. The van der Waals surface area contributed by atoms with Gasteiger partial charge in [0.05, 0.1) is 12.0 Å². The van der Waals surface area contributed by atoms with E-state index in [4.69, 9.17) is 24.1 Å². The number of benzene rings is 3. The lowest BCUT2D eigenvalue weighted by molar-refractivity contribution is -0.136. The summed E-state index contributed by atoms with van der Waals surface area (Å²) in [6.07, 6.45) is -0.104. The minimum Gasteiger partial charge on any atom is -0.489 e. The van der Waals surface area contributed by atoms with Crippen molar-refractivity contribution in [3.05, 3.63) is 76.9 Å². The van der Waals surface area contributed by atoms with Crippen LogP contribution in [0.3, 0.4) is 0 Å². The normalized spacial score (nSPS) is 11.6. The van der Waals surface area contributed by atoms with Gasteiger partial charge in [-0.25, -0.2) is 0 Å². The highest BCUT2D eigenvalue weighted by Gasteiger charge is 2.15. The molecule has 0 spiro atoms. The van der Waals surface area contributed by atoms with Crippen molar-refractivity contribution in [3.63, 3.8) is 0 Å². The zero-order chi connectivity index (χ0) is 21.8. The number of hydrogen-bond donors (Lipinski definition) is 1. The van der Waals surface area contributed by atoms with Gasteiger partial charge in [-0.05, 0) is 53.9 Å². The van der Waals surface area contributed by atoms with Crippen molar-refractivity contribution < 1.29 is 28.8 Å². The van der Waals surface area contributed by atoms with Gasteiger partial charge in [-0.3, -0.25) is 4.79 Å². The largest absolute Gasteiger partial charge is 0.489 e. The summed E-state index contributed by atoms with van der Waals surface area (Å²) >= 11 is 0. The van der Waals surface area contributed by atoms with E-state index in [2.05, 4.69) is 6.07 Å². The third-order valence-corrected chi connectivity index (χ3v) is 4.87. The third-order valence-electron chi connectivity index (χ3n) is 4.87. The van der Waals surface area contributed by atoms with Crippen LogP contribution in [0.1, 0.15) is 22.3 Å². The van der Waals surface area contributed by atoms with E-state index in [-0.39, 0.29) is 13.2 Å². The third kappa shape index (κ3) is 4.54. The predicted molar refractivity (Wildman–Crippen MR) is 111 cm³/mol. The Morgan fingerprint density at radius 3 is 2.74 bits per heavy atom. The lowest BCUT2D eigenvalue weighted by atomic mass is 10.0. The van der Waals surface area contributed by atoms with Gasteiger partial charge in [-0.2, -0.15) is 5.26 Å². The molecule has 0 aliphatic carbocycles. The average molecular weight is 417 g/mol. The van der Waals surface area contributed by atoms with Crippen molar-refractivity contribution in [1.29, 1.82) is 5.26 Å². The molecule has 3 aromatic carbocycles. The van der Waals surface area contributed by atoms with Crippen molar-refractivity contribution in [2.75, 3.05) is 6.79 Å². The number of nitrogens with zero attached hydrogens (tertiary/aromatic N) is 1. The number of aliphatic carboxylic acids is 1. The Kier molecular flexibility index (Phi) is 5.63. The zero-order valence-electron chi connectivity index (χ0n) is 16.8. The lowest BCUT2D eigenvalue weighted by Crippen LogP contribution is -2.03. The Morgan fingerprint density at radius 1 is 1.10 bits per heavy atom. The van der Waals surface area contributed by atoms with Crippen molar-refractivity contribution in [1.82, 2.24) is 0 Å². The molecule has 0 unspecified atom stereocenters. The van der Waals surface area contributed by atoms with Crippen molar-refractivity contribution >= 4 is 5.97 Å². The van der Waals surface area contributed by atoms with Gasteiger partial charge in [0.15, 0.2) is 11.5 Å². The van der Waals surface area contributed by atoms with Gasteiger partial charge in [0.1, 0.15) is 29.9 Å². The zero-order valence-corrected chi connectivity index (χ0v) is 16.8. The number of ether oxygens (including phenoxy) is 4. The number of fused-ring (bicyclic) bond motifs is 1. The van der Waals surface area contributed by atoms with Gasteiger partial charge in [0.25, 0.3) is 0 Å². The standard InChI is InChI=1S/C24H19NO6/c1-15-17(10-24(26)27)3-2-4-20(15)31-22-11-19(7-6-18(22)12-25)28-13-16-5-8-21-23(9-16)30-14-29-21/h2-9,11H,10,13-14H2,1H3,(H,26,27). The van der Waals surface area contributed by atoms with Crippen LogP contribution in [-0.4, -0.2) is 17.9 Å². The highest BCUT2D eigenvalue weighted by atomic mass is 16.7. The Labute approximate surface area is 179 Å². The van der Waals surface area contributed by atoms with E-state index in [1.54, 1.807) is 43.3 Å². The van der Waals surface area contributed by atoms with Gasteiger partial charge in [0, 0.05) is 6.07 Å². The molecular weight excluding hydrogens is 398 g/mol. The molecule has 0 atom stereocenters. The molecule has 0 saturated heterocycles. The van der Waals surface area contributed by atoms with Gasteiger partial charge in [0.2, 0.25) is 6.79 Å². The number of nitriles is 1. The fourth-order valence-corrected chi connectivity index (χ4v) is 3.21. The first-order chi connectivity index (χ1) is 15.0. The Bertz CT molecular complexity index is 1180. The summed E-state index contributed by atoms with van der Waals surface area (Å²) in [5.41, 5.74) is 2.62. The molecular formula is C24H19NO6. The maximum Gasteiger partial charge on any atom is 0.307 e. The molecule has 7 heteroatoms. The van der Waals surface area contributed by atoms with E-state index in [9.17, 15) is 10.1 Å². The first-order valence-corrected chi connectivity index (χ1v) is 9.57. The van der Waals surface area contributed by atoms with Crippen LogP contribution in [0, 0.1) is 18.3 Å². The minimum atomic E-state index is -0.920. The van der Waals surface area contributed by atoms with Crippen molar-refractivity contribution in [2.24, 2.45) is 0 Å². The molecule has 0 amide bonds. The minimum absolute atomic E-state index is 0.104. The molecule has 0 saturated carbocycles. The maximum absolute atomic E-state index is 11.1. The molecule has 1 N–H and O–H groups in total. The molecule has 0 aromatic heterocycles. The van der Waals surface area contributed by atoms with Crippen LogP contribution in [0.25, 0.3) is 0 Å². The summed E-state index contributed by atoms with van der Waals surface area (Å²) in [4.78, 5) is 11.1. The second-order valence-corrected chi connectivity index (χ2v) is 6.96. The summed E-state index contributed by atoms with van der Waals surface area (Å²) in [7, 11) is 0. The summed E-state index contributed by atoms with van der Waals surface area (Å²) in [5.74, 6) is 1.83. The van der Waals surface area contributed by atoms with Gasteiger partial charge >= 0.3 is 5.97 Å². The van der Waals surface area contributed by atoms with Crippen LogP contribution in [0.15, 0.2) is 54.6 Å². The molecule has 156 valence electrons. The van der Waals surface area contributed by atoms with E-state index in [1.165, 1.54) is 0 Å². The number of rotatable bonds is 7. The number of carboxylic acid groups (broad SMARTS) is 1. The van der Waals surface area contributed by atoms with Gasteiger partial charge in [-0.15, -0.1) is 0 Å². The summed E-state index contributed by atoms with van der Waals surface area (Å²) in [5, 5.41) is 18.5. The monoisotopic (exact) mass is 417 g/mol. The van der Waals surface area contributed by atoms with Crippen LogP contribution in [0.2, 0.25) is 0 Å². The molecule has 31 heavy (non-hydrogen) atoms. The Balaban J connectivity index is 1.53. The fourth-order valence-electron chi connectivity index (χ4n) is 3.21. The highest BCUT2D eigenvalue weighted by molar-refractivity contribution is 5.71. The first kappa shape index (κ1) is 20.1. The quantitative estimate of drug-likeness (QED) is 0.600. The van der Waals surface area contributed by atoms with Crippen LogP contribution >= 0.6 is 0 Å². The molecule has 0 fully saturated rings. The molecule has 0 bridgehead atoms. The molecule has 1 heterocycles. The number of hydrogen-bond acceptors (Lipinski definition) is 6. The average Bonchev–Trinajstić information content (AvgIpc) is 3.23. The van der Waals surface area contributed by atoms with E-state index < -0.39 is 5.97 Å². The summed E-state index contributed by atoms with van der Waals surface area (Å²) < 4.78 is 22.5. The van der Waals surface area contributed by atoms with Crippen molar-refractivity contribution in [3.8, 4) is 34.8 Å². The Morgan fingerprint density at radius 2 is 1.94 bits per heavy atom. The molecule has 3 aromatic rings. The predicted octanol–water partition coefficient (Wildman–Crippen LogP) is 4.59. The molecule has 1 aliphatic rings. The van der Waals surface area contributed by atoms with E-state index >= 15 is 0 Å². The van der Waals surface area contributed by atoms with E-state index in [0.29, 0.717) is 52.0 Å². The van der Waals surface area contributed by atoms with Crippen LogP contribution < -0.4 is 18.9 Å². The van der Waals surface area contributed by atoms with Crippen molar-refractivity contribution in [2.45, 2.75) is 20.0 Å². The highest BCUT2D eigenvalue weighted by Crippen LogP contribution is 2.34. The fraction of sp³-hybridized carbons (Fsp3) is 0.167. The molecule has 1 aliphatic heterocycles. The topological polar surface area (TPSA) is 98.0 Å². The van der Waals surface area contributed by atoms with Crippen LogP contribution in [0.4, 0.5) is 0 Å². The van der Waals surface area contributed by atoms with Gasteiger partial charge < -0.3 is 24.1 Å². The number of carbonyl (C=O) groups is 1. The maximum atomic E-state index is 11.1. The second-order valence-electron chi connectivity index (χ2n) is 6.96. The summed E-state index contributed by atoms with van der Waals surface area (Å²) in [6, 6.07) is 17.9. The molecule has 0 radical (unpaired) electrons.